The predicted octanol–water partition coefficient (Wildman–Crippen LogP) is 3.30. The van der Waals surface area contributed by atoms with Crippen molar-refractivity contribution in [2.45, 2.75) is 32.0 Å². The van der Waals surface area contributed by atoms with Gasteiger partial charge in [-0.2, -0.15) is 0 Å². The first-order chi connectivity index (χ1) is 12.2. The Morgan fingerprint density at radius 2 is 2.00 bits per heavy atom. The van der Waals surface area contributed by atoms with Gasteiger partial charge in [-0.05, 0) is 12.5 Å². The van der Waals surface area contributed by atoms with Gasteiger partial charge >= 0.3 is 5.97 Å². The minimum atomic E-state index is -1.14. The van der Waals surface area contributed by atoms with E-state index in [0.717, 1.165) is 17.5 Å². The molecule has 3 rings (SSSR count). The number of ether oxygens (including phenoxy) is 2. The standard InChI is InChI=1S/C20H19NO4/c1-2-10-20(16-8-4-3-5-9-16)18(22)12-17(25-20)19(23)24-14-15-7-6-11-21-13-15/h3-9,11-13H,2,10,14H2,1H3. The second kappa shape index (κ2) is 7.30. The maximum Gasteiger partial charge on any atom is 0.374 e. The lowest BCUT2D eigenvalue weighted by atomic mass is 9.86. The second-order valence-electron chi connectivity index (χ2n) is 5.86. The fraction of sp³-hybridized carbons (Fsp3) is 0.250. The summed E-state index contributed by atoms with van der Waals surface area (Å²) in [5.74, 6) is -0.925. The van der Waals surface area contributed by atoms with Crippen molar-refractivity contribution >= 4 is 11.8 Å². The minimum absolute atomic E-state index is 0.0498. The molecule has 0 saturated heterocycles. The fourth-order valence-corrected chi connectivity index (χ4v) is 2.89. The lowest BCUT2D eigenvalue weighted by Gasteiger charge is -2.28. The Hall–Kier alpha value is -2.95. The first-order valence-corrected chi connectivity index (χ1v) is 8.22. The van der Waals surface area contributed by atoms with E-state index in [1.54, 1.807) is 24.5 Å². The third kappa shape index (κ3) is 3.45. The Morgan fingerprint density at radius 1 is 1.20 bits per heavy atom. The molecule has 0 N–H and O–H groups in total. The van der Waals surface area contributed by atoms with Gasteiger partial charge in [-0.15, -0.1) is 0 Å². The zero-order chi connectivity index (χ0) is 17.7. The smallest absolute Gasteiger partial charge is 0.374 e. The van der Waals surface area contributed by atoms with E-state index in [9.17, 15) is 9.59 Å². The molecule has 0 bridgehead atoms. The van der Waals surface area contributed by atoms with Crippen molar-refractivity contribution in [3.8, 4) is 0 Å². The zero-order valence-electron chi connectivity index (χ0n) is 14.0. The van der Waals surface area contributed by atoms with Gasteiger partial charge < -0.3 is 9.47 Å². The summed E-state index contributed by atoms with van der Waals surface area (Å²) < 4.78 is 11.1. The second-order valence-corrected chi connectivity index (χ2v) is 5.86. The van der Waals surface area contributed by atoms with Crippen molar-refractivity contribution in [3.63, 3.8) is 0 Å². The molecule has 1 aromatic carbocycles. The molecule has 128 valence electrons. The zero-order valence-corrected chi connectivity index (χ0v) is 14.0. The van der Waals surface area contributed by atoms with Gasteiger partial charge in [-0.25, -0.2) is 4.79 Å². The van der Waals surface area contributed by atoms with E-state index >= 15 is 0 Å². The summed E-state index contributed by atoms with van der Waals surface area (Å²) >= 11 is 0. The topological polar surface area (TPSA) is 65.5 Å². The molecule has 0 amide bonds. The van der Waals surface area contributed by atoms with Gasteiger partial charge in [0.15, 0.2) is 5.60 Å². The molecule has 5 nitrogen and oxygen atoms in total. The maximum absolute atomic E-state index is 12.7. The molecule has 1 atom stereocenters. The molecule has 0 spiro atoms. The van der Waals surface area contributed by atoms with Crippen LogP contribution in [-0.2, 0) is 31.3 Å². The van der Waals surface area contributed by atoms with Gasteiger partial charge in [0.1, 0.15) is 6.61 Å². The van der Waals surface area contributed by atoms with E-state index < -0.39 is 11.6 Å². The summed E-state index contributed by atoms with van der Waals surface area (Å²) in [6, 6.07) is 12.8. The molecule has 5 heteroatoms. The normalized spacial score (nSPS) is 19.2. The number of esters is 1. The van der Waals surface area contributed by atoms with Crippen LogP contribution in [0.3, 0.4) is 0 Å². The summed E-state index contributed by atoms with van der Waals surface area (Å²) in [7, 11) is 0. The molecule has 0 aliphatic carbocycles. The van der Waals surface area contributed by atoms with Gasteiger partial charge in [-0.3, -0.25) is 9.78 Å². The van der Waals surface area contributed by atoms with Crippen LogP contribution in [0.5, 0.6) is 0 Å². The van der Waals surface area contributed by atoms with Gasteiger partial charge in [0.2, 0.25) is 11.5 Å². The number of nitrogens with zero attached hydrogens (tertiary/aromatic N) is 1. The third-order valence-electron chi connectivity index (χ3n) is 4.08. The van der Waals surface area contributed by atoms with Gasteiger partial charge in [0.05, 0.1) is 0 Å². The van der Waals surface area contributed by atoms with Gasteiger partial charge in [0.25, 0.3) is 0 Å². The summed E-state index contributed by atoms with van der Waals surface area (Å²) in [5.41, 5.74) is 0.371. The molecule has 1 aliphatic rings. The first-order valence-electron chi connectivity index (χ1n) is 8.22. The number of carbonyl (C=O) groups is 2. The lowest BCUT2D eigenvalue weighted by Crippen LogP contribution is -2.34. The fourth-order valence-electron chi connectivity index (χ4n) is 2.89. The Bertz CT molecular complexity index is 786. The van der Waals surface area contributed by atoms with Crippen molar-refractivity contribution in [3.05, 3.63) is 77.8 Å². The van der Waals surface area contributed by atoms with Crippen LogP contribution in [-0.4, -0.2) is 16.7 Å². The van der Waals surface area contributed by atoms with Crippen molar-refractivity contribution < 1.29 is 19.1 Å². The van der Waals surface area contributed by atoms with Gasteiger partial charge in [0, 0.05) is 29.6 Å². The summed E-state index contributed by atoms with van der Waals surface area (Å²) in [4.78, 5) is 28.9. The highest BCUT2D eigenvalue weighted by molar-refractivity contribution is 6.06. The van der Waals surface area contributed by atoms with Crippen molar-refractivity contribution in [1.82, 2.24) is 4.98 Å². The predicted molar refractivity (Wildman–Crippen MR) is 91.2 cm³/mol. The van der Waals surface area contributed by atoms with Crippen molar-refractivity contribution in [1.29, 1.82) is 0 Å². The summed E-state index contributed by atoms with van der Waals surface area (Å²) in [6.45, 7) is 2.05. The number of hydrogen-bond donors (Lipinski definition) is 0. The number of carbonyl (C=O) groups excluding carboxylic acids is 2. The van der Waals surface area contributed by atoms with E-state index in [4.69, 9.17) is 9.47 Å². The average Bonchev–Trinajstić information content (AvgIpc) is 2.99. The van der Waals surface area contributed by atoms with Crippen LogP contribution in [0.25, 0.3) is 0 Å². The first kappa shape index (κ1) is 16.9. The van der Waals surface area contributed by atoms with Crippen LogP contribution in [0.4, 0.5) is 0 Å². The molecule has 1 aromatic heterocycles. The Labute approximate surface area is 146 Å². The summed E-state index contributed by atoms with van der Waals surface area (Å²) in [6.07, 6.45) is 5.74. The minimum Gasteiger partial charge on any atom is -0.467 e. The quantitative estimate of drug-likeness (QED) is 0.757. The number of rotatable bonds is 6. The van der Waals surface area contributed by atoms with E-state index in [-0.39, 0.29) is 18.1 Å². The molecule has 2 aromatic rings. The Balaban J connectivity index is 1.75. The van der Waals surface area contributed by atoms with Crippen molar-refractivity contribution in [2.75, 3.05) is 0 Å². The van der Waals surface area contributed by atoms with Crippen LogP contribution in [0, 0.1) is 0 Å². The highest BCUT2D eigenvalue weighted by Gasteiger charge is 2.47. The van der Waals surface area contributed by atoms with Crippen LogP contribution in [0.15, 0.2) is 66.7 Å². The van der Waals surface area contributed by atoms with Crippen LogP contribution < -0.4 is 0 Å². The highest BCUT2D eigenvalue weighted by Crippen LogP contribution is 2.39. The number of aromatic nitrogens is 1. The molecule has 0 fully saturated rings. The van der Waals surface area contributed by atoms with E-state index in [0.29, 0.717) is 6.42 Å². The Morgan fingerprint density at radius 3 is 2.68 bits per heavy atom. The van der Waals surface area contributed by atoms with Crippen molar-refractivity contribution in [2.24, 2.45) is 0 Å². The Kier molecular flexibility index (Phi) is 4.93. The highest BCUT2D eigenvalue weighted by atomic mass is 16.6. The number of benzene rings is 1. The molecular weight excluding hydrogens is 318 g/mol. The van der Waals surface area contributed by atoms with Crippen LogP contribution in [0.2, 0.25) is 0 Å². The summed E-state index contributed by atoms with van der Waals surface area (Å²) in [5, 5.41) is 0. The molecule has 0 saturated carbocycles. The molecule has 2 heterocycles. The SMILES string of the molecule is CCCC1(c2ccccc2)OC(C(=O)OCc2cccnc2)=CC1=O. The molecule has 1 aliphatic heterocycles. The van der Waals surface area contributed by atoms with E-state index in [2.05, 4.69) is 4.98 Å². The number of ketones is 1. The number of hydrogen-bond acceptors (Lipinski definition) is 5. The van der Waals surface area contributed by atoms with Crippen LogP contribution in [0.1, 0.15) is 30.9 Å². The third-order valence-corrected chi connectivity index (χ3v) is 4.08. The van der Waals surface area contributed by atoms with Gasteiger partial charge in [-0.1, -0.05) is 49.7 Å². The average molecular weight is 337 g/mol. The molecule has 25 heavy (non-hydrogen) atoms. The largest absolute Gasteiger partial charge is 0.467 e. The molecule has 1 unspecified atom stereocenters. The molecule has 0 radical (unpaired) electrons. The lowest BCUT2D eigenvalue weighted by molar-refractivity contribution is -0.149. The maximum atomic E-state index is 12.7. The van der Waals surface area contributed by atoms with E-state index in [1.165, 1.54) is 6.08 Å². The monoisotopic (exact) mass is 337 g/mol. The van der Waals surface area contributed by atoms with E-state index in [1.807, 2.05) is 37.3 Å². The molecular formula is C20H19NO4. The number of pyridine rings is 1. The van der Waals surface area contributed by atoms with Crippen LogP contribution >= 0.6 is 0 Å².